The summed E-state index contributed by atoms with van der Waals surface area (Å²) in [7, 11) is 0. The van der Waals surface area contributed by atoms with Crippen molar-refractivity contribution in [3.8, 4) is 0 Å². The Hall–Kier alpha value is -1.15. The highest BCUT2D eigenvalue weighted by Gasteiger charge is 2.54. The van der Waals surface area contributed by atoms with Crippen LogP contribution in [0.3, 0.4) is 0 Å². The van der Waals surface area contributed by atoms with E-state index >= 15 is 0 Å². The van der Waals surface area contributed by atoms with Gasteiger partial charge in [0.25, 0.3) is 0 Å². The molecule has 0 bridgehead atoms. The van der Waals surface area contributed by atoms with Crippen molar-refractivity contribution < 1.29 is 13.9 Å². The normalized spacial score (nSPS) is 32.2. The molecule has 0 radical (unpaired) electrons. The van der Waals surface area contributed by atoms with Crippen molar-refractivity contribution in [2.24, 2.45) is 0 Å². The molecule has 1 fully saturated rings. The number of nitrogen functional groups attached to an aromatic ring is 1. The van der Waals surface area contributed by atoms with Crippen LogP contribution in [0.2, 0.25) is 0 Å². The molecular formula is C9H11F2N3O2S. The van der Waals surface area contributed by atoms with Crippen LogP contribution in [0.15, 0.2) is 11.0 Å². The molecule has 0 amide bonds. The minimum Gasteiger partial charge on any atom is -0.395 e. The fraction of sp³-hybridized carbons (Fsp3) is 0.556. The van der Waals surface area contributed by atoms with Crippen LogP contribution in [-0.2, 0) is 0 Å². The zero-order valence-corrected chi connectivity index (χ0v) is 9.75. The van der Waals surface area contributed by atoms with Crippen LogP contribution in [0.5, 0.6) is 0 Å². The van der Waals surface area contributed by atoms with Crippen molar-refractivity contribution in [3.05, 3.63) is 22.5 Å². The molecule has 0 unspecified atom stereocenters. The van der Waals surface area contributed by atoms with E-state index in [1.54, 1.807) is 0 Å². The maximum atomic E-state index is 14.1. The van der Waals surface area contributed by atoms with Crippen molar-refractivity contribution in [1.82, 2.24) is 9.55 Å². The number of hydrogen-bond acceptors (Lipinski definition) is 5. The Balaban J connectivity index is 2.38. The van der Waals surface area contributed by atoms with Gasteiger partial charge in [-0.3, -0.25) is 4.57 Å². The second-order valence-corrected chi connectivity index (χ2v) is 5.26. The largest absolute Gasteiger partial charge is 0.395 e. The van der Waals surface area contributed by atoms with Gasteiger partial charge >= 0.3 is 5.69 Å². The first-order valence-electron chi connectivity index (χ1n) is 4.87. The summed E-state index contributed by atoms with van der Waals surface area (Å²) < 4.78 is 28.2. The van der Waals surface area contributed by atoms with Crippen molar-refractivity contribution in [2.45, 2.75) is 23.2 Å². The van der Waals surface area contributed by atoms with E-state index in [0.29, 0.717) is 0 Å². The summed E-state index contributed by atoms with van der Waals surface area (Å²) in [5.41, 5.74) is 2.54. The molecule has 8 heteroatoms. The first-order valence-corrected chi connectivity index (χ1v) is 5.81. The SMILES string of the molecule is C[C@]1(F)[C@@H](CO)S[C@H]1n1cc(F)c(N)nc1=O. The number of aliphatic hydroxyl groups excluding tert-OH is 1. The minimum atomic E-state index is -1.78. The van der Waals surface area contributed by atoms with Crippen molar-refractivity contribution >= 4 is 17.6 Å². The molecule has 17 heavy (non-hydrogen) atoms. The van der Waals surface area contributed by atoms with Crippen LogP contribution in [0.4, 0.5) is 14.6 Å². The van der Waals surface area contributed by atoms with E-state index in [-0.39, 0.29) is 6.61 Å². The van der Waals surface area contributed by atoms with Gasteiger partial charge in [0, 0.05) is 6.20 Å². The number of thioether (sulfide) groups is 1. The van der Waals surface area contributed by atoms with E-state index < -0.39 is 33.6 Å². The lowest BCUT2D eigenvalue weighted by atomic mass is 10.0. The van der Waals surface area contributed by atoms with Crippen LogP contribution >= 0.6 is 11.8 Å². The topological polar surface area (TPSA) is 81.1 Å². The number of hydrogen-bond donors (Lipinski definition) is 2. The first-order chi connectivity index (χ1) is 7.87. The standard InChI is InChI=1S/C9H11F2N3O2S/c1-9(11)5(3-15)17-7(9)14-2-4(10)6(12)13-8(14)16/h2,5,7,15H,3H2,1H3,(H2,12,13,16)/t5-,7-,9+/m1/s1. The second-order valence-electron chi connectivity index (χ2n) is 3.97. The molecule has 1 aliphatic heterocycles. The van der Waals surface area contributed by atoms with Crippen molar-refractivity contribution in [3.63, 3.8) is 0 Å². The highest BCUT2D eigenvalue weighted by molar-refractivity contribution is 8.01. The van der Waals surface area contributed by atoms with Crippen LogP contribution in [0.1, 0.15) is 12.3 Å². The van der Waals surface area contributed by atoms with Gasteiger partial charge in [-0.25, -0.2) is 13.6 Å². The second kappa shape index (κ2) is 3.95. The number of nitrogens with zero attached hydrogens (tertiary/aromatic N) is 2. The van der Waals surface area contributed by atoms with Gasteiger partial charge in [0.2, 0.25) is 0 Å². The molecular weight excluding hydrogens is 252 g/mol. The smallest absolute Gasteiger partial charge is 0.350 e. The molecule has 1 aromatic heterocycles. The Labute approximate surface area is 99.6 Å². The van der Waals surface area contributed by atoms with Gasteiger partial charge in [-0.1, -0.05) is 0 Å². The molecule has 0 saturated carbocycles. The summed E-state index contributed by atoms with van der Waals surface area (Å²) in [6.07, 6.45) is 0.841. The Morgan fingerprint density at radius 3 is 2.94 bits per heavy atom. The van der Waals surface area contributed by atoms with E-state index in [0.717, 1.165) is 22.5 Å². The molecule has 2 heterocycles. The minimum absolute atomic E-state index is 0.339. The molecule has 94 valence electrons. The number of aromatic nitrogens is 2. The highest BCUT2D eigenvalue weighted by atomic mass is 32.2. The predicted octanol–water partition coefficient (Wildman–Crippen LogP) is 0.299. The van der Waals surface area contributed by atoms with Gasteiger partial charge in [0.1, 0.15) is 5.37 Å². The number of nitrogens with two attached hydrogens (primary N) is 1. The molecule has 3 N–H and O–H groups in total. The number of alkyl halides is 1. The molecule has 1 aliphatic rings. The third kappa shape index (κ3) is 1.81. The van der Waals surface area contributed by atoms with Gasteiger partial charge in [-0.2, -0.15) is 4.98 Å². The molecule has 2 rings (SSSR count). The average molecular weight is 263 g/mol. The lowest BCUT2D eigenvalue weighted by Gasteiger charge is -2.46. The van der Waals surface area contributed by atoms with E-state index in [9.17, 15) is 13.6 Å². The Morgan fingerprint density at radius 2 is 2.41 bits per heavy atom. The quantitative estimate of drug-likeness (QED) is 0.802. The molecule has 3 atom stereocenters. The third-order valence-corrected chi connectivity index (χ3v) is 4.64. The molecule has 1 saturated heterocycles. The molecule has 0 spiro atoms. The summed E-state index contributed by atoms with van der Waals surface area (Å²) in [5.74, 6) is -1.37. The zero-order valence-electron chi connectivity index (χ0n) is 8.93. The maximum Gasteiger partial charge on any atom is 0.350 e. The van der Waals surface area contributed by atoms with Crippen molar-refractivity contribution in [2.75, 3.05) is 12.3 Å². The maximum absolute atomic E-state index is 14.1. The average Bonchev–Trinajstić information content (AvgIpc) is 2.24. The molecule has 0 aliphatic carbocycles. The van der Waals surface area contributed by atoms with E-state index in [4.69, 9.17) is 10.8 Å². The van der Waals surface area contributed by atoms with Crippen LogP contribution in [0, 0.1) is 5.82 Å². The van der Waals surface area contributed by atoms with E-state index in [1.807, 2.05) is 0 Å². The van der Waals surface area contributed by atoms with Gasteiger partial charge in [0.05, 0.1) is 11.9 Å². The number of aliphatic hydroxyl groups is 1. The van der Waals surface area contributed by atoms with Gasteiger partial charge < -0.3 is 10.8 Å². The summed E-state index contributed by atoms with van der Waals surface area (Å²) in [6, 6.07) is 0. The lowest BCUT2D eigenvalue weighted by Crippen LogP contribution is -2.54. The van der Waals surface area contributed by atoms with Gasteiger partial charge in [-0.05, 0) is 6.92 Å². The molecule has 1 aromatic rings. The van der Waals surface area contributed by atoms with Gasteiger partial charge in [-0.15, -0.1) is 11.8 Å². The molecule has 0 aromatic carbocycles. The summed E-state index contributed by atoms with van der Waals surface area (Å²) in [5, 5.41) is 7.38. The van der Waals surface area contributed by atoms with Gasteiger partial charge in [0.15, 0.2) is 17.3 Å². The summed E-state index contributed by atoms with van der Waals surface area (Å²) in [4.78, 5) is 14.7. The lowest BCUT2D eigenvalue weighted by molar-refractivity contribution is 0.0912. The zero-order chi connectivity index (χ0) is 12.8. The monoisotopic (exact) mass is 263 g/mol. The molecule has 5 nitrogen and oxygen atoms in total. The van der Waals surface area contributed by atoms with E-state index in [2.05, 4.69) is 4.98 Å². The van der Waals surface area contributed by atoms with Crippen molar-refractivity contribution in [1.29, 1.82) is 0 Å². The predicted molar refractivity (Wildman–Crippen MR) is 59.9 cm³/mol. The van der Waals surface area contributed by atoms with Crippen LogP contribution in [0.25, 0.3) is 0 Å². The number of anilines is 1. The Kier molecular flexibility index (Phi) is 2.86. The fourth-order valence-electron chi connectivity index (χ4n) is 1.69. The van der Waals surface area contributed by atoms with Crippen LogP contribution in [-0.4, -0.2) is 32.2 Å². The fourth-order valence-corrected chi connectivity index (χ4v) is 2.97. The highest BCUT2D eigenvalue weighted by Crippen LogP contribution is 2.54. The Bertz CT molecular complexity index is 506. The number of rotatable bonds is 2. The van der Waals surface area contributed by atoms with E-state index in [1.165, 1.54) is 6.92 Å². The van der Waals surface area contributed by atoms with Crippen LogP contribution < -0.4 is 11.4 Å². The summed E-state index contributed by atoms with van der Waals surface area (Å²) >= 11 is 1.05. The third-order valence-electron chi connectivity index (χ3n) is 2.76. The summed E-state index contributed by atoms with van der Waals surface area (Å²) in [6.45, 7) is 0.920. The Morgan fingerprint density at radius 1 is 1.76 bits per heavy atom. The number of halogens is 2. The first kappa shape index (κ1) is 12.3.